The molecule has 1 aliphatic rings. The number of nitrogens with zero attached hydrogens (tertiary/aromatic N) is 5. The molecule has 3 heterocycles. The van der Waals surface area contributed by atoms with Gasteiger partial charge in [0.05, 0.1) is 17.8 Å². The number of aromatic nitrogens is 4. The first-order chi connectivity index (χ1) is 12.5. The van der Waals surface area contributed by atoms with Gasteiger partial charge in [0.2, 0.25) is 0 Å². The van der Waals surface area contributed by atoms with Crippen LogP contribution in [0.25, 0.3) is 0 Å². The summed E-state index contributed by atoms with van der Waals surface area (Å²) in [6.45, 7) is 9.37. The molecule has 142 valence electrons. The van der Waals surface area contributed by atoms with E-state index in [0.29, 0.717) is 16.6 Å². The van der Waals surface area contributed by atoms with Crippen LogP contribution in [0.5, 0.6) is 0 Å². The minimum Gasteiger partial charge on any atom is -0.336 e. The molecule has 0 spiro atoms. The van der Waals surface area contributed by atoms with Crippen LogP contribution in [-0.2, 0) is 13.0 Å². The maximum atomic E-state index is 12.7. The summed E-state index contributed by atoms with van der Waals surface area (Å²) >= 11 is 5.90. The molecule has 2 aromatic heterocycles. The number of H-pyrrole nitrogens is 1. The first-order valence-electron chi connectivity index (χ1n) is 9.25. The van der Waals surface area contributed by atoms with Crippen molar-refractivity contribution in [3.63, 3.8) is 0 Å². The largest absolute Gasteiger partial charge is 0.336 e. The number of aromatic amines is 1. The van der Waals surface area contributed by atoms with Crippen molar-refractivity contribution in [3.8, 4) is 0 Å². The Bertz CT molecular complexity index is 725. The molecule has 7 nitrogen and oxygen atoms in total. The van der Waals surface area contributed by atoms with Crippen LogP contribution in [0.1, 0.15) is 36.5 Å². The molecule has 8 heteroatoms. The van der Waals surface area contributed by atoms with Crippen molar-refractivity contribution < 1.29 is 4.79 Å². The molecule has 0 unspecified atom stereocenters. The van der Waals surface area contributed by atoms with Gasteiger partial charge < -0.3 is 4.90 Å². The first kappa shape index (κ1) is 18.9. The van der Waals surface area contributed by atoms with Gasteiger partial charge in [-0.15, -0.1) is 0 Å². The normalized spacial score (nSPS) is 16.2. The van der Waals surface area contributed by atoms with Gasteiger partial charge in [-0.2, -0.15) is 10.2 Å². The Hall–Kier alpha value is -1.86. The lowest BCUT2D eigenvalue weighted by Crippen LogP contribution is -2.36. The molecule has 0 aliphatic carbocycles. The highest BCUT2D eigenvalue weighted by atomic mass is 35.5. The van der Waals surface area contributed by atoms with Crippen molar-refractivity contribution in [1.29, 1.82) is 0 Å². The van der Waals surface area contributed by atoms with E-state index < -0.39 is 0 Å². The molecule has 0 aromatic carbocycles. The third-order valence-electron chi connectivity index (χ3n) is 4.60. The Labute approximate surface area is 159 Å². The van der Waals surface area contributed by atoms with Crippen molar-refractivity contribution in [2.75, 3.05) is 32.7 Å². The zero-order chi connectivity index (χ0) is 18.5. The van der Waals surface area contributed by atoms with Crippen LogP contribution in [0, 0.1) is 5.92 Å². The summed E-state index contributed by atoms with van der Waals surface area (Å²) in [4.78, 5) is 17.0. The fourth-order valence-corrected chi connectivity index (χ4v) is 3.44. The van der Waals surface area contributed by atoms with Crippen molar-refractivity contribution in [1.82, 2.24) is 29.8 Å². The fourth-order valence-electron chi connectivity index (χ4n) is 3.28. The molecule has 26 heavy (non-hydrogen) atoms. The van der Waals surface area contributed by atoms with Crippen LogP contribution in [0.3, 0.4) is 0 Å². The topological polar surface area (TPSA) is 70.1 Å². The van der Waals surface area contributed by atoms with E-state index in [-0.39, 0.29) is 5.91 Å². The van der Waals surface area contributed by atoms with E-state index in [1.54, 1.807) is 6.20 Å². The van der Waals surface area contributed by atoms with Gasteiger partial charge in [0.1, 0.15) is 5.69 Å². The van der Waals surface area contributed by atoms with Gasteiger partial charge in [0.15, 0.2) is 0 Å². The number of amides is 1. The average molecular weight is 379 g/mol. The standard InChI is InChI=1S/C18H27ClN6O/c1-14(2)10-16-11-17(22-21-16)18(26)24-5-3-4-23(6-8-24)7-9-25-13-15(19)12-20-25/h11-14H,3-10H2,1-2H3,(H,21,22). The molecular formula is C18H27ClN6O. The number of halogens is 1. The van der Waals surface area contributed by atoms with E-state index in [0.717, 1.165) is 57.8 Å². The monoisotopic (exact) mass is 378 g/mol. The molecule has 1 aliphatic heterocycles. The van der Waals surface area contributed by atoms with Gasteiger partial charge >= 0.3 is 0 Å². The molecule has 1 N–H and O–H groups in total. The van der Waals surface area contributed by atoms with Crippen LogP contribution in [-0.4, -0.2) is 68.4 Å². The summed E-state index contributed by atoms with van der Waals surface area (Å²) < 4.78 is 1.86. The minimum absolute atomic E-state index is 0.0250. The summed E-state index contributed by atoms with van der Waals surface area (Å²) in [5.41, 5.74) is 1.55. The van der Waals surface area contributed by atoms with E-state index in [1.165, 1.54) is 0 Å². The number of nitrogens with one attached hydrogen (secondary N) is 1. The molecule has 1 saturated heterocycles. The highest BCUT2D eigenvalue weighted by molar-refractivity contribution is 6.30. The number of carbonyl (C=O) groups is 1. The second-order valence-corrected chi connectivity index (χ2v) is 7.72. The molecule has 0 bridgehead atoms. The van der Waals surface area contributed by atoms with Crippen molar-refractivity contribution in [2.45, 2.75) is 33.2 Å². The summed E-state index contributed by atoms with van der Waals surface area (Å²) in [5, 5.41) is 12.1. The van der Waals surface area contributed by atoms with Crippen LogP contribution >= 0.6 is 11.6 Å². The van der Waals surface area contributed by atoms with Crippen molar-refractivity contribution in [3.05, 3.63) is 34.9 Å². The van der Waals surface area contributed by atoms with E-state index >= 15 is 0 Å². The van der Waals surface area contributed by atoms with Crippen molar-refractivity contribution in [2.24, 2.45) is 5.92 Å². The molecule has 1 fully saturated rings. The van der Waals surface area contributed by atoms with Gasteiger partial charge in [-0.05, 0) is 31.4 Å². The maximum absolute atomic E-state index is 12.7. The first-order valence-corrected chi connectivity index (χ1v) is 9.63. The quantitative estimate of drug-likeness (QED) is 0.837. The van der Waals surface area contributed by atoms with E-state index in [4.69, 9.17) is 11.6 Å². The highest BCUT2D eigenvalue weighted by Gasteiger charge is 2.22. The Morgan fingerprint density at radius 1 is 1.27 bits per heavy atom. The van der Waals surface area contributed by atoms with Gasteiger partial charge in [0.25, 0.3) is 5.91 Å². The number of carbonyl (C=O) groups excluding carboxylic acids is 1. The number of hydrogen-bond acceptors (Lipinski definition) is 4. The van der Waals surface area contributed by atoms with Crippen LogP contribution < -0.4 is 0 Å². The molecule has 0 saturated carbocycles. The Morgan fingerprint density at radius 3 is 2.85 bits per heavy atom. The van der Waals surface area contributed by atoms with Crippen LogP contribution in [0.2, 0.25) is 5.02 Å². The number of hydrogen-bond donors (Lipinski definition) is 1. The summed E-state index contributed by atoms with van der Waals surface area (Å²) in [6.07, 6.45) is 5.36. The lowest BCUT2D eigenvalue weighted by molar-refractivity contribution is 0.0755. The van der Waals surface area contributed by atoms with Gasteiger partial charge in [-0.25, -0.2) is 0 Å². The summed E-state index contributed by atoms with van der Waals surface area (Å²) in [5.74, 6) is 0.562. The molecular weight excluding hydrogens is 352 g/mol. The zero-order valence-corrected chi connectivity index (χ0v) is 16.2. The van der Waals surface area contributed by atoms with E-state index in [1.807, 2.05) is 21.8 Å². The van der Waals surface area contributed by atoms with Crippen molar-refractivity contribution >= 4 is 17.5 Å². The molecule has 0 atom stereocenters. The second kappa shape index (κ2) is 8.68. The lowest BCUT2D eigenvalue weighted by atomic mass is 10.1. The highest BCUT2D eigenvalue weighted by Crippen LogP contribution is 2.12. The Balaban J connectivity index is 1.51. The maximum Gasteiger partial charge on any atom is 0.274 e. The van der Waals surface area contributed by atoms with E-state index in [2.05, 4.69) is 34.0 Å². The zero-order valence-electron chi connectivity index (χ0n) is 15.5. The summed E-state index contributed by atoms with van der Waals surface area (Å²) in [7, 11) is 0. The third kappa shape index (κ3) is 5.08. The average Bonchev–Trinajstić information content (AvgIpc) is 3.15. The fraction of sp³-hybridized carbons (Fsp3) is 0.611. The molecule has 2 aromatic rings. The molecule has 3 rings (SSSR count). The number of rotatable bonds is 6. The van der Waals surface area contributed by atoms with Gasteiger partial charge in [0, 0.05) is 38.1 Å². The summed E-state index contributed by atoms with van der Waals surface area (Å²) in [6, 6.07) is 1.90. The predicted octanol–water partition coefficient (Wildman–Crippen LogP) is 2.31. The SMILES string of the molecule is CC(C)Cc1cc(C(=O)N2CCCN(CCn3cc(Cl)cn3)CC2)n[nH]1. The van der Waals surface area contributed by atoms with Crippen LogP contribution in [0.4, 0.5) is 0 Å². The molecule has 0 radical (unpaired) electrons. The van der Waals surface area contributed by atoms with E-state index in [9.17, 15) is 4.79 Å². The lowest BCUT2D eigenvalue weighted by Gasteiger charge is -2.21. The smallest absolute Gasteiger partial charge is 0.274 e. The Kier molecular flexibility index (Phi) is 6.32. The van der Waals surface area contributed by atoms with Gasteiger partial charge in [-0.3, -0.25) is 19.5 Å². The third-order valence-corrected chi connectivity index (χ3v) is 4.80. The van der Waals surface area contributed by atoms with Crippen LogP contribution in [0.15, 0.2) is 18.5 Å². The van der Waals surface area contributed by atoms with Gasteiger partial charge in [-0.1, -0.05) is 25.4 Å². The Morgan fingerprint density at radius 2 is 2.12 bits per heavy atom. The molecule has 1 amide bonds. The predicted molar refractivity (Wildman–Crippen MR) is 101 cm³/mol. The minimum atomic E-state index is 0.0250. The second-order valence-electron chi connectivity index (χ2n) is 7.29.